The minimum Gasteiger partial charge on any atom is -0.465 e. The lowest BCUT2D eigenvalue weighted by Crippen LogP contribution is -2.40. The SMILES string of the molecule is CCOC(=O)CNS(=O)(=O)C1CCC(C(=O)OCc2ccccc2)CC1. The van der Waals surface area contributed by atoms with Gasteiger partial charge in [-0.15, -0.1) is 0 Å². The average Bonchev–Trinajstić information content (AvgIpc) is 2.66. The van der Waals surface area contributed by atoms with E-state index in [1.165, 1.54) is 0 Å². The number of hydrogen-bond acceptors (Lipinski definition) is 6. The molecule has 0 spiro atoms. The van der Waals surface area contributed by atoms with Crippen LogP contribution < -0.4 is 4.72 Å². The van der Waals surface area contributed by atoms with Gasteiger partial charge in [-0.2, -0.15) is 0 Å². The highest BCUT2D eigenvalue weighted by Gasteiger charge is 2.34. The Morgan fingerprint density at radius 3 is 2.35 bits per heavy atom. The number of benzene rings is 1. The summed E-state index contributed by atoms with van der Waals surface area (Å²) in [5.41, 5.74) is 0.917. The molecule has 0 heterocycles. The molecular formula is C18H25NO6S. The summed E-state index contributed by atoms with van der Waals surface area (Å²) >= 11 is 0. The van der Waals surface area contributed by atoms with Crippen molar-refractivity contribution in [2.75, 3.05) is 13.2 Å². The summed E-state index contributed by atoms with van der Waals surface area (Å²) in [7, 11) is -3.60. The van der Waals surface area contributed by atoms with E-state index in [1.807, 2.05) is 30.3 Å². The topological polar surface area (TPSA) is 98.8 Å². The van der Waals surface area contributed by atoms with Crippen LogP contribution in [-0.2, 0) is 35.7 Å². The van der Waals surface area contributed by atoms with E-state index in [1.54, 1.807) is 6.92 Å². The van der Waals surface area contributed by atoms with Gasteiger partial charge in [-0.05, 0) is 38.2 Å². The number of hydrogen-bond donors (Lipinski definition) is 1. The van der Waals surface area contributed by atoms with Crippen LogP contribution in [0.15, 0.2) is 30.3 Å². The number of carbonyl (C=O) groups excluding carboxylic acids is 2. The maximum absolute atomic E-state index is 12.2. The van der Waals surface area contributed by atoms with Crippen molar-refractivity contribution in [3.8, 4) is 0 Å². The van der Waals surface area contributed by atoms with Crippen molar-refractivity contribution >= 4 is 22.0 Å². The van der Waals surface area contributed by atoms with E-state index in [9.17, 15) is 18.0 Å². The third-order valence-electron chi connectivity index (χ3n) is 4.39. The summed E-state index contributed by atoms with van der Waals surface area (Å²) in [5, 5.41) is -0.602. The highest BCUT2D eigenvalue weighted by atomic mass is 32.2. The molecule has 0 bridgehead atoms. The molecule has 1 aliphatic rings. The highest BCUT2D eigenvalue weighted by molar-refractivity contribution is 7.90. The van der Waals surface area contributed by atoms with Gasteiger partial charge >= 0.3 is 11.9 Å². The number of esters is 2. The summed E-state index contributed by atoms with van der Waals surface area (Å²) in [4.78, 5) is 23.5. The molecule has 0 saturated heterocycles. The smallest absolute Gasteiger partial charge is 0.320 e. The molecular weight excluding hydrogens is 358 g/mol. The Labute approximate surface area is 154 Å². The van der Waals surface area contributed by atoms with Gasteiger partial charge in [-0.3, -0.25) is 9.59 Å². The molecule has 26 heavy (non-hydrogen) atoms. The molecule has 0 aromatic heterocycles. The second-order valence-corrected chi connectivity index (χ2v) is 8.28. The zero-order valence-electron chi connectivity index (χ0n) is 14.8. The Morgan fingerprint density at radius 2 is 1.73 bits per heavy atom. The largest absolute Gasteiger partial charge is 0.465 e. The first kappa shape index (κ1) is 20.4. The van der Waals surface area contributed by atoms with Crippen LogP contribution in [0.25, 0.3) is 0 Å². The van der Waals surface area contributed by atoms with Crippen LogP contribution in [0.4, 0.5) is 0 Å². The van der Waals surface area contributed by atoms with Gasteiger partial charge in [-0.25, -0.2) is 13.1 Å². The Balaban J connectivity index is 1.76. The fourth-order valence-electron chi connectivity index (χ4n) is 2.94. The van der Waals surface area contributed by atoms with Gasteiger partial charge in [0, 0.05) is 0 Å². The molecule has 0 aliphatic heterocycles. The third kappa shape index (κ3) is 6.10. The number of sulfonamides is 1. The molecule has 1 aromatic carbocycles. The molecule has 0 unspecified atom stereocenters. The fourth-order valence-corrected chi connectivity index (χ4v) is 4.39. The van der Waals surface area contributed by atoms with Crippen LogP contribution in [-0.4, -0.2) is 38.8 Å². The predicted molar refractivity (Wildman–Crippen MR) is 95.5 cm³/mol. The van der Waals surface area contributed by atoms with E-state index in [0.29, 0.717) is 25.7 Å². The van der Waals surface area contributed by atoms with Crippen molar-refractivity contribution in [3.05, 3.63) is 35.9 Å². The quantitative estimate of drug-likeness (QED) is 0.687. The first-order valence-electron chi connectivity index (χ1n) is 8.77. The maximum Gasteiger partial charge on any atom is 0.320 e. The summed E-state index contributed by atoms with van der Waals surface area (Å²) < 4.78 is 36.8. The van der Waals surface area contributed by atoms with Crippen molar-refractivity contribution in [1.29, 1.82) is 0 Å². The normalized spacial score (nSPS) is 20.3. The molecule has 1 aliphatic carbocycles. The van der Waals surface area contributed by atoms with Gasteiger partial charge in [-0.1, -0.05) is 30.3 Å². The van der Waals surface area contributed by atoms with Crippen LogP contribution >= 0.6 is 0 Å². The van der Waals surface area contributed by atoms with E-state index in [4.69, 9.17) is 9.47 Å². The fraction of sp³-hybridized carbons (Fsp3) is 0.556. The highest BCUT2D eigenvalue weighted by Crippen LogP contribution is 2.29. The molecule has 1 N–H and O–H groups in total. The first-order chi connectivity index (χ1) is 12.4. The Hall–Kier alpha value is -1.93. The van der Waals surface area contributed by atoms with Crippen LogP contribution in [0.5, 0.6) is 0 Å². The lowest BCUT2D eigenvalue weighted by atomic mass is 9.89. The minimum absolute atomic E-state index is 0.205. The Kier molecular flexibility index (Phi) is 7.59. The van der Waals surface area contributed by atoms with Crippen molar-refractivity contribution in [1.82, 2.24) is 4.72 Å². The monoisotopic (exact) mass is 383 g/mol. The lowest BCUT2D eigenvalue weighted by molar-refractivity contribution is -0.151. The zero-order chi connectivity index (χ0) is 19.0. The van der Waals surface area contributed by atoms with E-state index >= 15 is 0 Å². The molecule has 0 amide bonds. The Bertz CT molecular complexity index is 696. The standard InChI is InChI=1S/C18H25NO6S/c1-2-24-17(20)12-19-26(22,23)16-10-8-15(9-11-16)18(21)25-13-14-6-4-3-5-7-14/h3-7,15-16,19H,2,8-13H2,1H3. The predicted octanol–water partition coefficient (Wildman–Crippen LogP) is 1.77. The molecule has 8 heteroatoms. The molecule has 0 atom stereocenters. The third-order valence-corrected chi connectivity index (χ3v) is 6.29. The van der Waals surface area contributed by atoms with Crippen molar-refractivity contribution in [2.45, 2.75) is 44.5 Å². The molecule has 144 valence electrons. The van der Waals surface area contributed by atoms with Gasteiger partial charge < -0.3 is 9.47 Å². The van der Waals surface area contributed by atoms with E-state index in [2.05, 4.69) is 4.72 Å². The van der Waals surface area contributed by atoms with E-state index < -0.39 is 21.2 Å². The van der Waals surface area contributed by atoms with Gasteiger partial charge in [0.1, 0.15) is 13.2 Å². The average molecular weight is 383 g/mol. The number of carbonyl (C=O) groups is 2. The lowest BCUT2D eigenvalue weighted by Gasteiger charge is -2.27. The summed E-state index contributed by atoms with van der Waals surface area (Å²) in [6.07, 6.45) is 1.64. The minimum atomic E-state index is -3.60. The second-order valence-electron chi connectivity index (χ2n) is 6.24. The number of ether oxygens (including phenoxy) is 2. The van der Waals surface area contributed by atoms with Crippen LogP contribution in [0.2, 0.25) is 0 Å². The molecule has 0 radical (unpaired) electrons. The molecule has 1 fully saturated rings. The number of rotatable bonds is 8. The second kappa shape index (κ2) is 9.68. The number of nitrogens with one attached hydrogen (secondary N) is 1. The Morgan fingerprint density at radius 1 is 1.08 bits per heavy atom. The first-order valence-corrected chi connectivity index (χ1v) is 10.3. The summed E-state index contributed by atoms with van der Waals surface area (Å²) in [6.45, 7) is 1.72. The molecule has 1 aromatic rings. The van der Waals surface area contributed by atoms with Gasteiger partial charge in [0.2, 0.25) is 10.0 Å². The van der Waals surface area contributed by atoms with Crippen LogP contribution in [0.3, 0.4) is 0 Å². The molecule has 1 saturated carbocycles. The van der Waals surface area contributed by atoms with Gasteiger partial charge in [0.15, 0.2) is 0 Å². The maximum atomic E-state index is 12.2. The van der Waals surface area contributed by atoms with E-state index in [-0.39, 0.29) is 31.6 Å². The van der Waals surface area contributed by atoms with Crippen LogP contribution in [0, 0.1) is 5.92 Å². The molecule has 7 nitrogen and oxygen atoms in total. The zero-order valence-corrected chi connectivity index (χ0v) is 15.7. The van der Waals surface area contributed by atoms with Gasteiger partial charge in [0.05, 0.1) is 17.8 Å². The van der Waals surface area contributed by atoms with E-state index in [0.717, 1.165) is 5.56 Å². The van der Waals surface area contributed by atoms with Gasteiger partial charge in [0.25, 0.3) is 0 Å². The summed E-state index contributed by atoms with van der Waals surface area (Å²) in [6, 6.07) is 9.41. The van der Waals surface area contributed by atoms with Crippen molar-refractivity contribution in [2.24, 2.45) is 5.92 Å². The van der Waals surface area contributed by atoms with Crippen molar-refractivity contribution in [3.63, 3.8) is 0 Å². The molecule has 2 rings (SSSR count). The van der Waals surface area contributed by atoms with Crippen molar-refractivity contribution < 1.29 is 27.5 Å². The van der Waals surface area contributed by atoms with Crippen LogP contribution in [0.1, 0.15) is 38.2 Å². The summed E-state index contributed by atoms with van der Waals surface area (Å²) in [5.74, 6) is -1.17.